The summed E-state index contributed by atoms with van der Waals surface area (Å²) in [5, 5.41) is 4.37. The summed E-state index contributed by atoms with van der Waals surface area (Å²) in [5.41, 5.74) is 4.24. The van der Waals surface area contributed by atoms with Gasteiger partial charge in [-0.25, -0.2) is 4.98 Å². The molecule has 4 aromatic rings. The molecule has 1 N–H and O–H groups in total. The molecule has 146 valence electrons. The van der Waals surface area contributed by atoms with Crippen LogP contribution >= 0.6 is 34.8 Å². The van der Waals surface area contributed by atoms with Crippen LogP contribution in [0.25, 0.3) is 11.1 Å². The maximum atomic E-state index is 12.4. The lowest BCUT2D eigenvalue weighted by Gasteiger charge is -2.07. The number of nitrogens with one attached hydrogen (secondary N) is 1. The Kier molecular flexibility index (Phi) is 5.50. The zero-order chi connectivity index (χ0) is 20.5. The molecule has 4 nitrogen and oxygen atoms in total. The molecule has 1 heterocycles. The number of aryl methyl sites for hydroxylation is 1. The molecule has 0 atom stereocenters. The lowest BCUT2D eigenvalue weighted by Crippen LogP contribution is -2.11. The first-order valence-electron chi connectivity index (χ1n) is 8.80. The van der Waals surface area contributed by atoms with E-state index in [-0.39, 0.29) is 5.91 Å². The van der Waals surface area contributed by atoms with Gasteiger partial charge >= 0.3 is 0 Å². The minimum Gasteiger partial charge on any atom is -0.439 e. The van der Waals surface area contributed by atoms with E-state index in [1.54, 1.807) is 24.3 Å². The second-order valence-electron chi connectivity index (χ2n) is 6.64. The van der Waals surface area contributed by atoms with E-state index >= 15 is 0 Å². The number of fused-ring (bicyclic) bond motifs is 1. The standard InChI is InChI=1S/C22H15Cl3N2O2/c1-12-2-5-14(9-17(12)24)22(28)26-16-6-3-13(4-7-16)8-20-27-19-11-15(23)10-18(25)21(19)29-20/h2-7,9-11H,8H2,1H3,(H,26,28). The molecule has 4 rings (SSSR count). The number of oxazole rings is 1. The van der Waals surface area contributed by atoms with Gasteiger partial charge in [0.1, 0.15) is 5.52 Å². The van der Waals surface area contributed by atoms with Crippen LogP contribution in [0.4, 0.5) is 5.69 Å². The van der Waals surface area contributed by atoms with Crippen LogP contribution in [0.3, 0.4) is 0 Å². The van der Waals surface area contributed by atoms with Gasteiger partial charge in [0.25, 0.3) is 5.91 Å². The first-order chi connectivity index (χ1) is 13.9. The van der Waals surface area contributed by atoms with E-state index in [0.717, 1.165) is 11.1 Å². The van der Waals surface area contributed by atoms with Gasteiger partial charge in [0.05, 0.1) is 5.02 Å². The third-order valence-electron chi connectivity index (χ3n) is 4.45. The first-order valence-corrected chi connectivity index (χ1v) is 9.93. The summed E-state index contributed by atoms with van der Waals surface area (Å²) in [6, 6.07) is 16.0. The van der Waals surface area contributed by atoms with E-state index in [0.29, 0.717) is 49.7 Å². The van der Waals surface area contributed by atoms with E-state index in [1.165, 1.54) is 0 Å². The van der Waals surface area contributed by atoms with Crippen LogP contribution in [0.1, 0.15) is 27.4 Å². The number of amides is 1. The van der Waals surface area contributed by atoms with Crippen molar-refractivity contribution in [3.63, 3.8) is 0 Å². The van der Waals surface area contributed by atoms with Crippen molar-refractivity contribution in [2.75, 3.05) is 5.32 Å². The van der Waals surface area contributed by atoms with E-state index in [4.69, 9.17) is 39.2 Å². The van der Waals surface area contributed by atoms with Crippen molar-refractivity contribution in [3.8, 4) is 0 Å². The van der Waals surface area contributed by atoms with Crippen molar-refractivity contribution in [2.45, 2.75) is 13.3 Å². The molecular formula is C22H15Cl3N2O2. The lowest BCUT2D eigenvalue weighted by molar-refractivity contribution is 0.102. The average molecular weight is 446 g/mol. The fraction of sp³-hybridized carbons (Fsp3) is 0.0909. The number of halogens is 3. The number of hydrogen-bond donors (Lipinski definition) is 1. The summed E-state index contributed by atoms with van der Waals surface area (Å²) in [6.07, 6.45) is 0.491. The Morgan fingerprint density at radius 1 is 1.00 bits per heavy atom. The molecular weight excluding hydrogens is 431 g/mol. The van der Waals surface area contributed by atoms with Gasteiger partial charge in [0.2, 0.25) is 0 Å². The van der Waals surface area contributed by atoms with E-state index in [9.17, 15) is 4.79 Å². The summed E-state index contributed by atoms with van der Waals surface area (Å²) in [7, 11) is 0. The number of rotatable bonds is 4. The highest BCUT2D eigenvalue weighted by atomic mass is 35.5. The Morgan fingerprint density at radius 3 is 2.48 bits per heavy atom. The molecule has 1 aromatic heterocycles. The quantitative estimate of drug-likeness (QED) is 0.370. The number of nitrogens with zero attached hydrogens (tertiary/aromatic N) is 1. The molecule has 0 aliphatic rings. The minimum absolute atomic E-state index is 0.217. The second kappa shape index (κ2) is 8.07. The normalized spacial score (nSPS) is 11.0. The van der Waals surface area contributed by atoms with Gasteiger partial charge in [0.15, 0.2) is 11.5 Å². The monoisotopic (exact) mass is 444 g/mol. The Morgan fingerprint density at radius 2 is 1.76 bits per heavy atom. The van der Waals surface area contributed by atoms with Crippen LogP contribution in [-0.2, 0) is 6.42 Å². The van der Waals surface area contributed by atoms with Gasteiger partial charge in [0, 0.05) is 27.7 Å². The number of benzene rings is 3. The van der Waals surface area contributed by atoms with Crippen molar-refractivity contribution in [2.24, 2.45) is 0 Å². The van der Waals surface area contributed by atoms with Crippen LogP contribution in [-0.4, -0.2) is 10.9 Å². The Labute approximate surface area is 182 Å². The molecule has 0 unspecified atom stereocenters. The SMILES string of the molecule is Cc1ccc(C(=O)Nc2ccc(Cc3nc4cc(Cl)cc(Cl)c4o3)cc2)cc1Cl. The number of carbonyl (C=O) groups excluding carboxylic acids is 1. The molecule has 7 heteroatoms. The molecule has 0 fully saturated rings. The van der Waals surface area contributed by atoms with Gasteiger partial charge in [-0.1, -0.05) is 53.0 Å². The summed E-state index contributed by atoms with van der Waals surface area (Å²) >= 11 is 18.3. The summed E-state index contributed by atoms with van der Waals surface area (Å²) < 4.78 is 5.75. The van der Waals surface area contributed by atoms with Gasteiger partial charge in [-0.05, 0) is 54.4 Å². The van der Waals surface area contributed by atoms with Gasteiger partial charge in [-0.2, -0.15) is 0 Å². The average Bonchev–Trinajstić information content (AvgIpc) is 3.08. The number of aromatic nitrogens is 1. The number of hydrogen-bond acceptors (Lipinski definition) is 3. The van der Waals surface area contributed by atoms with Crippen LogP contribution < -0.4 is 5.32 Å². The fourth-order valence-corrected chi connectivity index (χ4v) is 3.60. The topological polar surface area (TPSA) is 55.1 Å². The summed E-state index contributed by atoms with van der Waals surface area (Å²) in [4.78, 5) is 16.8. The summed E-state index contributed by atoms with van der Waals surface area (Å²) in [6.45, 7) is 1.89. The zero-order valence-corrected chi connectivity index (χ0v) is 17.6. The van der Waals surface area contributed by atoms with Crippen LogP contribution in [0, 0.1) is 6.92 Å². The number of carbonyl (C=O) groups is 1. The Balaban J connectivity index is 1.47. The first kappa shape index (κ1) is 19.8. The van der Waals surface area contributed by atoms with Crippen molar-refractivity contribution in [1.29, 1.82) is 0 Å². The largest absolute Gasteiger partial charge is 0.439 e. The molecule has 0 radical (unpaired) electrons. The van der Waals surface area contributed by atoms with Crippen molar-refractivity contribution in [3.05, 3.63) is 92.2 Å². The third kappa shape index (κ3) is 4.40. The fourth-order valence-electron chi connectivity index (χ4n) is 2.90. The van der Waals surface area contributed by atoms with Crippen LogP contribution in [0.2, 0.25) is 15.1 Å². The van der Waals surface area contributed by atoms with Gasteiger partial charge < -0.3 is 9.73 Å². The Hall–Kier alpha value is -2.53. The zero-order valence-electron chi connectivity index (χ0n) is 15.3. The highest BCUT2D eigenvalue weighted by molar-refractivity contribution is 6.38. The minimum atomic E-state index is -0.217. The predicted molar refractivity (Wildman–Crippen MR) is 117 cm³/mol. The van der Waals surface area contributed by atoms with E-state index in [1.807, 2.05) is 37.3 Å². The second-order valence-corrected chi connectivity index (χ2v) is 7.89. The molecule has 1 amide bonds. The van der Waals surface area contributed by atoms with Crippen molar-refractivity contribution >= 4 is 57.5 Å². The molecule has 0 aliphatic heterocycles. The predicted octanol–water partition coefficient (Wildman–Crippen LogP) is 6.94. The highest BCUT2D eigenvalue weighted by Gasteiger charge is 2.12. The van der Waals surface area contributed by atoms with Crippen molar-refractivity contribution < 1.29 is 9.21 Å². The highest BCUT2D eigenvalue weighted by Crippen LogP contribution is 2.29. The molecule has 3 aromatic carbocycles. The smallest absolute Gasteiger partial charge is 0.255 e. The maximum Gasteiger partial charge on any atom is 0.255 e. The van der Waals surface area contributed by atoms with E-state index < -0.39 is 0 Å². The number of anilines is 1. The molecule has 0 saturated carbocycles. The molecule has 0 aliphatic carbocycles. The molecule has 0 bridgehead atoms. The van der Waals surface area contributed by atoms with E-state index in [2.05, 4.69) is 10.3 Å². The Bertz CT molecular complexity index is 1220. The molecule has 0 spiro atoms. The van der Waals surface area contributed by atoms with Crippen LogP contribution in [0.5, 0.6) is 0 Å². The third-order valence-corrected chi connectivity index (χ3v) is 5.36. The molecule has 0 saturated heterocycles. The van der Waals surface area contributed by atoms with Crippen molar-refractivity contribution in [1.82, 2.24) is 4.98 Å². The summed E-state index contributed by atoms with van der Waals surface area (Å²) in [5.74, 6) is 0.320. The maximum absolute atomic E-state index is 12.4. The lowest BCUT2D eigenvalue weighted by atomic mass is 10.1. The molecule has 29 heavy (non-hydrogen) atoms. The van der Waals surface area contributed by atoms with Gasteiger partial charge in [-0.3, -0.25) is 4.79 Å². The van der Waals surface area contributed by atoms with Gasteiger partial charge in [-0.15, -0.1) is 0 Å². The van der Waals surface area contributed by atoms with Crippen LogP contribution in [0.15, 0.2) is 59.0 Å².